The van der Waals surface area contributed by atoms with E-state index in [1.165, 1.54) is 6.07 Å². The normalized spacial score (nSPS) is 10.1. The Labute approximate surface area is 73.0 Å². The molecule has 0 spiro atoms. The Hall–Kier alpha value is -1.15. The van der Waals surface area contributed by atoms with E-state index in [4.69, 9.17) is 15.6 Å². The van der Waals surface area contributed by atoms with E-state index in [2.05, 4.69) is 9.61 Å². The van der Waals surface area contributed by atoms with Crippen molar-refractivity contribution in [3.63, 3.8) is 0 Å². The molecule has 0 radical (unpaired) electrons. The molecule has 0 fully saturated rings. The van der Waals surface area contributed by atoms with Crippen molar-refractivity contribution in [2.24, 2.45) is 0 Å². The van der Waals surface area contributed by atoms with Crippen LogP contribution < -0.4 is 5.46 Å². The van der Waals surface area contributed by atoms with Gasteiger partial charge in [-0.05, 0) is 17.6 Å². The van der Waals surface area contributed by atoms with Crippen molar-refractivity contribution in [1.29, 1.82) is 0 Å². The summed E-state index contributed by atoms with van der Waals surface area (Å²) in [6.45, 7) is 0. The third-order valence-electron chi connectivity index (χ3n) is 1.44. The van der Waals surface area contributed by atoms with E-state index in [1.54, 1.807) is 0 Å². The summed E-state index contributed by atoms with van der Waals surface area (Å²) in [5, 5.41) is 25.1. The van der Waals surface area contributed by atoms with E-state index < -0.39 is 18.7 Å². The Bertz CT molecular complexity index is 290. The molecule has 0 saturated heterocycles. The van der Waals surface area contributed by atoms with Crippen LogP contribution in [0, 0.1) is 5.82 Å². The summed E-state index contributed by atoms with van der Waals surface area (Å²) in [4.78, 5) is 7.32. The highest BCUT2D eigenvalue weighted by Crippen LogP contribution is 2.11. The van der Waals surface area contributed by atoms with Crippen LogP contribution in [0.15, 0.2) is 18.2 Å². The van der Waals surface area contributed by atoms with Gasteiger partial charge in [-0.15, -0.1) is 0 Å². The maximum atomic E-state index is 12.7. The molecule has 0 saturated carbocycles. The Balaban J connectivity index is 2.95. The highest BCUT2D eigenvalue weighted by atomic mass is 19.1. The third kappa shape index (κ3) is 2.16. The summed E-state index contributed by atoms with van der Waals surface area (Å²) in [5.74, 6) is -1.45. The minimum atomic E-state index is -1.49. The van der Waals surface area contributed by atoms with Crippen LogP contribution >= 0.6 is 0 Å². The highest BCUT2D eigenvalue weighted by Gasteiger charge is 2.23. The molecule has 1 aromatic rings. The van der Waals surface area contributed by atoms with E-state index in [-0.39, 0.29) is 5.46 Å². The zero-order valence-electron chi connectivity index (χ0n) is 6.35. The second-order valence-corrected chi connectivity index (χ2v) is 2.25. The van der Waals surface area contributed by atoms with Crippen LogP contribution in [0.2, 0.25) is 0 Å². The second-order valence-electron chi connectivity index (χ2n) is 2.25. The molecular weight excluding hydrogens is 182 g/mol. The first-order chi connectivity index (χ1) is 6.19. The van der Waals surface area contributed by atoms with Crippen LogP contribution in [-0.2, 0) is 9.61 Å². The van der Waals surface area contributed by atoms with Crippen molar-refractivity contribution in [2.75, 3.05) is 0 Å². The maximum Gasteiger partial charge on any atom is 0.554 e. The molecule has 70 valence electrons. The van der Waals surface area contributed by atoms with Gasteiger partial charge in [0.25, 0.3) is 0 Å². The van der Waals surface area contributed by atoms with Crippen LogP contribution in [0.25, 0.3) is 0 Å². The van der Waals surface area contributed by atoms with Crippen molar-refractivity contribution >= 4 is 12.6 Å². The summed E-state index contributed by atoms with van der Waals surface area (Å²) in [5.41, 5.74) is 0.0281. The van der Waals surface area contributed by atoms with E-state index in [0.29, 0.717) is 0 Å². The first kappa shape index (κ1) is 9.94. The largest absolute Gasteiger partial charge is 0.554 e. The number of rotatable bonds is 3. The number of hydrogen-bond acceptors (Lipinski definition) is 5. The standard InChI is InChI=1S/C6H6BFO5/c8-5-3-4(1-2-6(5)9)7(12-10)13-11/h1-3,9-11H. The molecule has 0 aliphatic carbocycles. The molecule has 7 heteroatoms. The van der Waals surface area contributed by atoms with E-state index >= 15 is 0 Å². The van der Waals surface area contributed by atoms with E-state index in [0.717, 1.165) is 12.1 Å². The van der Waals surface area contributed by atoms with Crippen molar-refractivity contribution in [3.05, 3.63) is 24.0 Å². The van der Waals surface area contributed by atoms with Crippen LogP contribution in [0.4, 0.5) is 4.39 Å². The molecule has 0 aliphatic heterocycles. The first-order valence-electron chi connectivity index (χ1n) is 3.28. The Kier molecular flexibility index (Phi) is 3.21. The lowest BCUT2D eigenvalue weighted by Gasteiger charge is -2.05. The molecule has 5 nitrogen and oxygen atoms in total. The number of phenolic OH excluding ortho intramolecular Hbond substituents is 1. The third-order valence-corrected chi connectivity index (χ3v) is 1.44. The monoisotopic (exact) mass is 188 g/mol. The minimum Gasteiger partial charge on any atom is -0.505 e. The summed E-state index contributed by atoms with van der Waals surface area (Å²) < 4.78 is 12.7. The van der Waals surface area contributed by atoms with Gasteiger partial charge in [0.05, 0.1) is 0 Å². The summed E-state index contributed by atoms with van der Waals surface area (Å²) >= 11 is 0. The molecule has 0 aromatic heterocycles. The molecule has 0 bridgehead atoms. The van der Waals surface area contributed by atoms with Crippen LogP contribution in [-0.4, -0.2) is 22.7 Å². The zero-order valence-corrected chi connectivity index (χ0v) is 6.35. The smallest absolute Gasteiger partial charge is 0.505 e. The first-order valence-corrected chi connectivity index (χ1v) is 3.28. The molecule has 0 unspecified atom stereocenters. The SMILES string of the molecule is OOB(OO)c1ccc(O)c(F)c1. The second kappa shape index (κ2) is 4.19. The quantitative estimate of drug-likeness (QED) is 0.358. The number of aromatic hydroxyl groups is 1. The van der Waals surface area contributed by atoms with Gasteiger partial charge < -0.3 is 5.11 Å². The van der Waals surface area contributed by atoms with Gasteiger partial charge in [0.15, 0.2) is 11.6 Å². The van der Waals surface area contributed by atoms with Gasteiger partial charge in [0, 0.05) is 0 Å². The minimum absolute atomic E-state index is 0.0281. The maximum absolute atomic E-state index is 12.7. The van der Waals surface area contributed by atoms with Gasteiger partial charge in [-0.3, -0.25) is 20.1 Å². The van der Waals surface area contributed by atoms with Gasteiger partial charge in [-0.1, -0.05) is 6.07 Å². The molecule has 0 atom stereocenters. The lowest BCUT2D eigenvalue weighted by atomic mass is 9.80. The van der Waals surface area contributed by atoms with Gasteiger partial charge in [-0.25, -0.2) is 4.39 Å². The van der Waals surface area contributed by atoms with Crippen LogP contribution in [0.5, 0.6) is 5.75 Å². The predicted octanol–water partition coefficient (Wildman–Crippen LogP) is 0.206. The van der Waals surface area contributed by atoms with Crippen molar-refractivity contribution in [3.8, 4) is 5.75 Å². The van der Waals surface area contributed by atoms with E-state index in [9.17, 15) is 4.39 Å². The fraction of sp³-hybridized carbons (Fsp3) is 0. The van der Waals surface area contributed by atoms with Gasteiger partial charge in [-0.2, -0.15) is 0 Å². The Morgan fingerprint density at radius 1 is 1.23 bits per heavy atom. The Morgan fingerprint density at radius 3 is 2.31 bits per heavy atom. The lowest BCUT2D eigenvalue weighted by molar-refractivity contribution is -0.221. The van der Waals surface area contributed by atoms with Crippen LogP contribution in [0.3, 0.4) is 0 Å². The average Bonchev–Trinajstić information content (AvgIpc) is 2.13. The topological polar surface area (TPSA) is 79.2 Å². The van der Waals surface area contributed by atoms with Crippen molar-refractivity contribution in [2.45, 2.75) is 0 Å². The highest BCUT2D eigenvalue weighted by molar-refractivity contribution is 6.60. The van der Waals surface area contributed by atoms with Gasteiger partial charge in [0.2, 0.25) is 0 Å². The molecule has 1 aromatic carbocycles. The van der Waals surface area contributed by atoms with Gasteiger partial charge in [0.1, 0.15) is 0 Å². The van der Waals surface area contributed by atoms with Crippen molar-refractivity contribution < 1.29 is 29.6 Å². The molecule has 1 rings (SSSR count). The van der Waals surface area contributed by atoms with Gasteiger partial charge >= 0.3 is 7.12 Å². The summed E-state index contributed by atoms with van der Waals surface area (Å²) in [6.07, 6.45) is 0. The number of hydrogen-bond donors (Lipinski definition) is 3. The lowest BCUT2D eigenvalue weighted by Crippen LogP contribution is -2.35. The Morgan fingerprint density at radius 2 is 1.85 bits per heavy atom. The fourth-order valence-corrected chi connectivity index (χ4v) is 0.811. The van der Waals surface area contributed by atoms with Crippen LogP contribution in [0.1, 0.15) is 0 Å². The summed E-state index contributed by atoms with van der Waals surface area (Å²) in [7, 11) is -1.49. The summed E-state index contributed by atoms with van der Waals surface area (Å²) in [6, 6.07) is 3.11. The molecular formula is C6H6BFO5. The van der Waals surface area contributed by atoms with Crippen molar-refractivity contribution in [1.82, 2.24) is 0 Å². The van der Waals surface area contributed by atoms with E-state index in [1.807, 2.05) is 0 Å². The average molecular weight is 188 g/mol. The number of benzene rings is 1. The molecule has 0 aliphatic rings. The molecule has 0 heterocycles. The predicted molar refractivity (Wildman–Crippen MR) is 40.9 cm³/mol. The molecule has 0 amide bonds. The fourth-order valence-electron chi connectivity index (χ4n) is 0.811. The number of phenols is 1. The zero-order chi connectivity index (χ0) is 9.84. The molecule has 13 heavy (non-hydrogen) atoms. The molecule has 3 N–H and O–H groups in total. The number of halogens is 1.